The molecule has 1 saturated heterocycles. The third kappa shape index (κ3) is 4.20. The molecule has 3 amide bonds. The highest BCUT2D eigenvalue weighted by atomic mass is 32.1. The quantitative estimate of drug-likeness (QED) is 0.882. The molecule has 1 aliphatic heterocycles. The highest BCUT2D eigenvalue weighted by Crippen LogP contribution is 2.33. The van der Waals surface area contributed by atoms with Crippen LogP contribution in [0.4, 0.5) is 4.79 Å². The largest absolute Gasteiger partial charge is 0.467 e. The molecule has 0 aromatic carbocycles. The number of hydrogen-bond acceptors (Lipinski definition) is 5. The lowest BCUT2D eigenvalue weighted by molar-refractivity contribution is -0.121. The molecule has 0 saturated carbocycles. The van der Waals surface area contributed by atoms with E-state index in [0.29, 0.717) is 5.76 Å². The predicted octanol–water partition coefficient (Wildman–Crippen LogP) is 2.50. The summed E-state index contributed by atoms with van der Waals surface area (Å²) in [5, 5.41) is 7.01. The fourth-order valence-corrected chi connectivity index (χ4v) is 3.69. The first-order valence-corrected chi connectivity index (χ1v) is 8.48. The fourth-order valence-electron chi connectivity index (χ4n) is 2.79. The molecule has 122 valence electrons. The van der Waals surface area contributed by atoms with E-state index < -0.39 is 6.03 Å². The first-order valence-electron chi connectivity index (χ1n) is 7.60. The number of rotatable bonds is 5. The molecule has 23 heavy (non-hydrogen) atoms. The summed E-state index contributed by atoms with van der Waals surface area (Å²) in [6.45, 7) is 1.37. The van der Waals surface area contributed by atoms with Gasteiger partial charge in [-0.15, -0.1) is 11.3 Å². The number of likely N-dealkylation sites (tertiary alicyclic amines) is 1. The molecule has 2 N–H and O–H groups in total. The maximum Gasteiger partial charge on any atom is 0.321 e. The summed E-state index contributed by atoms with van der Waals surface area (Å²) in [6.07, 6.45) is 3.66. The molecule has 2 aromatic rings. The zero-order valence-corrected chi connectivity index (χ0v) is 13.5. The molecular weight excluding hydrogens is 314 g/mol. The molecule has 1 atom stereocenters. The van der Waals surface area contributed by atoms with Gasteiger partial charge in [-0.3, -0.25) is 15.0 Å². The molecule has 0 aliphatic carbocycles. The van der Waals surface area contributed by atoms with Gasteiger partial charge in [0.1, 0.15) is 5.76 Å². The SMILES string of the molecule is O=C(CN1CCCC1c1cccs1)NC(=O)NCc1ccco1. The summed E-state index contributed by atoms with van der Waals surface area (Å²) in [5.41, 5.74) is 0. The number of amides is 3. The summed E-state index contributed by atoms with van der Waals surface area (Å²) >= 11 is 1.71. The summed E-state index contributed by atoms with van der Waals surface area (Å²) in [5.74, 6) is 0.357. The van der Waals surface area contributed by atoms with E-state index in [2.05, 4.69) is 21.6 Å². The standard InChI is InChI=1S/C16H19N3O3S/c20-15(18-16(21)17-10-12-4-2-8-22-12)11-19-7-1-5-13(19)14-6-3-9-23-14/h2-4,6,8-9,13H,1,5,7,10-11H2,(H2,17,18,20,21). The van der Waals surface area contributed by atoms with Crippen LogP contribution in [0.25, 0.3) is 0 Å². The molecule has 6 nitrogen and oxygen atoms in total. The van der Waals surface area contributed by atoms with Gasteiger partial charge in [-0.1, -0.05) is 6.07 Å². The van der Waals surface area contributed by atoms with E-state index in [1.165, 1.54) is 11.1 Å². The Hall–Kier alpha value is -2.12. The lowest BCUT2D eigenvalue weighted by atomic mass is 10.2. The number of hydrogen-bond donors (Lipinski definition) is 2. The molecule has 1 fully saturated rings. The number of nitrogens with one attached hydrogen (secondary N) is 2. The van der Waals surface area contributed by atoms with Crippen molar-refractivity contribution in [2.75, 3.05) is 13.1 Å². The van der Waals surface area contributed by atoms with Gasteiger partial charge in [0.25, 0.3) is 0 Å². The zero-order chi connectivity index (χ0) is 16.1. The Balaban J connectivity index is 1.46. The van der Waals surface area contributed by atoms with Gasteiger partial charge in [0.05, 0.1) is 19.4 Å². The van der Waals surface area contributed by atoms with E-state index in [9.17, 15) is 9.59 Å². The molecule has 3 rings (SSSR count). The van der Waals surface area contributed by atoms with Crippen molar-refractivity contribution in [3.05, 3.63) is 46.5 Å². The van der Waals surface area contributed by atoms with E-state index in [1.54, 1.807) is 23.5 Å². The minimum absolute atomic E-state index is 0.233. The van der Waals surface area contributed by atoms with Crippen LogP contribution in [0.3, 0.4) is 0 Å². The predicted molar refractivity (Wildman–Crippen MR) is 87.0 cm³/mol. The highest BCUT2D eigenvalue weighted by Gasteiger charge is 2.28. The maximum atomic E-state index is 12.1. The van der Waals surface area contributed by atoms with Gasteiger partial charge in [0, 0.05) is 10.9 Å². The van der Waals surface area contributed by atoms with Gasteiger partial charge in [-0.25, -0.2) is 4.79 Å². The van der Waals surface area contributed by atoms with Crippen LogP contribution in [-0.4, -0.2) is 29.9 Å². The summed E-state index contributed by atoms with van der Waals surface area (Å²) in [6, 6.07) is 7.42. The Morgan fingerprint density at radius 1 is 1.35 bits per heavy atom. The van der Waals surface area contributed by atoms with Crippen LogP contribution in [0.15, 0.2) is 40.3 Å². The number of furan rings is 1. The Morgan fingerprint density at radius 2 is 2.26 bits per heavy atom. The van der Waals surface area contributed by atoms with E-state index >= 15 is 0 Å². The van der Waals surface area contributed by atoms with E-state index in [4.69, 9.17) is 4.42 Å². The molecule has 0 bridgehead atoms. The molecule has 7 heteroatoms. The van der Waals surface area contributed by atoms with Gasteiger partial charge >= 0.3 is 6.03 Å². The zero-order valence-electron chi connectivity index (χ0n) is 12.7. The summed E-state index contributed by atoms with van der Waals surface area (Å²) in [7, 11) is 0. The van der Waals surface area contributed by atoms with Gasteiger partial charge in [-0.2, -0.15) is 0 Å². The number of imide groups is 1. The summed E-state index contributed by atoms with van der Waals surface area (Å²) in [4.78, 5) is 27.2. The lowest BCUT2D eigenvalue weighted by Crippen LogP contribution is -2.44. The van der Waals surface area contributed by atoms with Gasteiger partial charge in [0.15, 0.2) is 0 Å². The number of carbonyl (C=O) groups excluding carboxylic acids is 2. The number of nitrogens with zero attached hydrogens (tertiary/aromatic N) is 1. The fraction of sp³-hybridized carbons (Fsp3) is 0.375. The smallest absolute Gasteiger partial charge is 0.321 e. The number of carbonyl (C=O) groups is 2. The lowest BCUT2D eigenvalue weighted by Gasteiger charge is -2.22. The monoisotopic (exact) mass is 333 g/mol. The third-order valence-corrected chi connectivity index (χ3v) is 4.81. The molecular formula is C16H19N3O3S. The third-order valence-electron chi connectivity index (χ3n) is 3.84. The second kappa shape index (κ2) is 7.43. The van der Waals surface area contributed by atoms with Crippen LogP contribution >= 0.6 is 11.3 Å². The van der Waals surface area contributed by atoms with Gasteiger partial charge < -0.3 is 9.73 Å². The Labute approximate surface area is 138 Å². The van der Waals surface area contributed by atoms with Crippen LogP contribution in [0.2, 0.25) is 0 Å². The minimum Gasteiger partial charge on any atom is -0.467 e. The Morgan fingerprint density at radius 3 is 3.00 bits per heavy atom. The molecule has 0 spiro atoms. The van der Waals surface area contributed by atoms with Crippen LogP contribution in [0.5, 0.6) is 0 Å². The number of thiophene rings is 1. The Kier molecular flexibility index (Phi) is 5.09. The topological polar surface area (TPSA) is 74.6 Å². The molecule has 1 unspecified atom stereocenters. The van der Waals surface area contributed by atoms with Crippen molar-refractivity contribution in [2.45, 2.75) is 25.4 Å². The van der Waals surface area contributed by atoms with E-state index in [0.717, 1.165) is 19.4 Å². The molecule has 2 aromatic heterocycles. The molecule has 1 aliphatic rings. The second-order valence-electron chi connectivity index (χ2n) is 5.45. The van der Waals surface area contributed by atoms with Crippen molar-refractivity contribution < 1.29 is 14.0 Å². The van der Waals surface area contributed by atoms with Crippen LogP contribution < -0.4 is 10.6 Å². The van der Waals surface area contributed by atoms with E-state index in [-0.39, 0.29) is 25.0 Å². The van der Waals surface area contributed by atoms with Gasteiger partial charge in [0.2, 0.25) is 5.91 Å². The van der Waals surface area contributed by atoms with Crippen molar-refractivity contribution in [1.29, 1.82) is 0 Å². The van der Waals surface area contributed by atoms with Crippen LogP contribution in [0, 0.1) is 0 Å². The average molecular weight is 333 g/mol. The molecule has 3 heterocycles. The normalized spacial score (nSPS) is 18.0. The average Bonchev–Trinajstić information content (AvgIpc) is 3.27. The van der Waals surface area contributed by atoms with Crippen molar-refractivity contribution in [1.82, 2.24) is 15.5 Å². The first kappa shape index (κ1) is 15.8. The minimum atomic E-state index is -0.502. The first-order chi connectivity index (χ1) is 11.2. The van der Waals surface area contributed by atoms with Crippen molar-refractivity contribution >= 4 is 23.3 Å². The van der Waals surface area contributed by atoms with Crippen molar-refractivity contribution in [3.63, 3.8) is 0 Å². The summed E-state index contributed by atoms with van der Waals surface area (Å²) < 4.78 is 5.12. The maximum absolute atomic E-state index is 12.1. The second-order valence-corrected chi connectivity index (χ2v) is 6.43. The molecule has 0 radical (unpaired) electrons. The van der Waals surface area contributed by atoms with Crippen LogP contribution in [-0.2, 0) is 11.3 Å². The highest BCUT2D eigenvalue weighted by molar-refractivity contribution is 7.10. The van der Waals surface area contributed by atoms with Crippen molar-refractivity contribution in [2.24, 2.45) is 0 Å². The van der Waals surface area contributed by atoms with E-state index in [1.807, 2.05) is 11.4 Å². The van der Waals surface area contributed by atoms with Gasteiger partial charge in [-0.05, 0) is 43.0 Å². The number of urea groups is 1. The van der Waals surface area contributed by atoms with Crippen LogP contribution in [0.1, 0.15) is 29.5 Å². The van der Waals surface area contributed by atoms with Crippen molar-refractivity contribution in [3.8, 4) is 0 Å². The Bertz CT molecular complexity index is 640.